The zero-order valence-corrected chi connectivity index (χ0v) is 13.4. The summed E-state index contributed by atoms with van der Waals surface area (Å²) in [5.74, 6) is -3.84. The number of carboxylic acid groups (broad SMARTS) is 1. The summed E-state index contributed by atoms with van der Waals surface area (Å²) < 4.78 is 29.1. The van der Waals surface area contributed by atoms with Gasteiger partial charge in [-0.3, -0.25) is 4.79 Å². The number of hydrogen-bond donors (Lipinski definition) is 1. The lowest BCUT2D eigenvalue weighted by Gasteiger charge is -2.25. The summed E-state index contributed by atoms with van der Waals surface area (Å²) in [4.78, 5) is 10.4. The molecule has 0 aliphatic heterocycles. The fourth-order valence-corrected chi connectivity index (χ4v) is 2.80. The lowest BCUT2D eigenvalue weighted by Crippen LogP contribution is -2.19. The van der Waals surface area contributed by atoms with E-state index in [1.807, 2.05) is 20.8 Å². The Morgan fingerprint density at radius 3 is 1.76 bits per heavy atom. The van der Waals surface area contributed by atoms with E-state index in [-0.39, 0.29) is 31.2 Å². The second-order valence-corrected chi connectivity index (χ2v) is 5.81. The first kappa shape index (κ1) is 17.6. The van der Waals surface area contributed by atoms with Gasteiger partial charge in [0.2, 0.25) is 0 Å². The van der Waals surface area contributed by atoms with E-state index in [9.17, 15) is 13.6 Å². The largest absolute Gasteiger partial charge is 0.481 e. The molecule has 0 radical (unpaired) electrons. The van der Waals surface area contributed by atoms with Gasteiger partial charge < -0.3 is 5.11 Å². The van der Waals surface area contributed by atoms with E-state index in [1.165, 1.54) is 0 Å². The summed E-state index contributed by atoms with van der Waals surface area (Å²) in [6.45, 7) is 9.20. The minimum atomic E-state index is -2.91. The molecule has 0 aliphatic rings. The number of benzene rings is 1. The number of alkyl halides is 2. The molecule has 1 aromatic rings. The maximum Gasteiger partial charge on any atom is 0.303 e. The van der Waals surface area contributed by atoms with Crippen LogP contribution in [-0.2, 0) is 10.7 Å². The Morgan fingerprint density at radius 1 is 0.905 bits per heavy atom. The monoisotopic (exact) mass is 298 g/mol. The first-order chi connectivity index (χ1) is 9.59. The number of unbranched alkanes of at least 4 members (excludes halogenated alkanes) is 1. The van der Waals surface area contributed by atoms with Gasteiger partial charge in [-0.05, 0) is 75.3 Å². The number of rotatable bonds is 6. The molecule has 1 rings (SSSR count). The van der Waals surface area contributed by atoms with Gasteiger partial charge in [-0.25, -0.2) is 8.78 Å². The molecule has 1 N–H and O–H groups in total. The van der Waals surface area contributed by atoms with Crippen LogP contribution in [0.25, 0.3) is 0 Å². The van der Waals surface area contributed by atoms with Gasteiger partial charge in [0.05, 0.1) is 0 Å². The third kappa shape index (κ3) is 3.80. The fourth-order valence-electron chi connectivity index (χ4n) is 2.80. The average molecular weight is 298 g/mol. The standard InChI is InChI=1S/C17H24F2O2/c1-10-11(2)13(4)16(14(5)12(10)3)17(18,19)9-7-6-8-15(20)21/h6-9H2,1-5H3,(H,20,21). The van der Waals surface area contributed by atoms with Crippen LogP contribution in [0.1, 0.15) is 59.1 Å². The molecule has 0 fully saturated rings. The van der Waals surface area contributed by atoms with Gasteiger partial charge in [0, 0.05) is 18.4 Å². The van der Waals surface area contributed by atoms with E-state index in [2.05, 4.69) is 0 Å². The SMILES string of the molecule is Cc1c(C)c(C)c(C(F)(F)CCCCC(=O)O)c(C)c1C. The smallest absolute Gasteiger partial charge is 0.303 e. The molecule has 0 atom stereocenters. The summed E-state index contributed by atoms with van der Waals surface area (Å²) in [7, 11) is 0. The van der Waals surface area contributed by atoms with Crippen LogP contribution in [-0.4, -0.2) is 11.1 Å². The van der Waals surface area contributed by atoms with Crippen molar-refractivity contribution in [3.63, 3.8) is 0 Å². The summed E-state index contributed by atoms with van der Waals surface area (Å²) in [6.07, 6.45) is 0.140. The van der Waals surface area contributed by atoms with Crippen LogP contribution in [0.5, 0.6) is 0 Å². The molecule has 0 saturated carbocycles. The summed E-state index contributed by atoms with van der Waals surface area (Å²) >= 11 is 0. The predicted octanol–water partition coefficient (Wildman–Crippen LogP) is 4.97. The molecule has 1 aromatic carbocycles. The Kier molecular flexibility index (Phi) is 5.48. The molecule has 118 valence electrons. The molecule has 2 nitrogen and oxygen atoms in total. The fraction of sp³-hybridized carbons (Fsp3) is 0.588. The van der Waals surface area contributed by atoms with E-state index in [0.717, 1.165) is 16.7 Å². The molecule has 0 amide bonds. The van der Waals surface area contributed by atoms with Crippen LogP contribution in [0.2, 0.25) is 0 Å². The van der Waals surface area contributed by atoms with Crippen LogP contribution >= 0.6 is 0 Å². The van der Waals surface area contributed by atoms with E-state index in [0.29, 0.717) is 11.1 Å². The minimum absolute atomic E-state index is 0.0556. The first-order valence-corrected chi connectivity index (χ1v) is 7.26. The first-order valence-electron chi connectivity index (χ1n) is 7.26. The van der Waals surface area contributed by atoms with Crippen molar-refractivity contribution >= 4 is 5.97 Å². The van der Waals surface area contributed by atoms with Crippen LogP contribution in [0, 0.1) is 34.6 Å². The zero-order chi connectivity index (χ0) is 16.4. The van der Waals surface area contributed by atoms with Gasteiger partial charge >= 0.3 is 5.97 Å². The van der Waals surface area contributed by atoms with Crippen LogP contribution in [0.4, 0.5) is 8.78 Å². The van der Waals surface area contributed by atoms with Crippen molar-refractivity contribution in [2.24, 2.45) is 0 Å². The van der Waals surface area contributed by atoms with Crippen molar-refractivity contribution in [2.75, 3.05) is 0 Å². The van der Waals surface area contributed by atoms with Gasteiger partial charge in [0.25, 0.3) is 5.92 Å². The van der Waals surface area contributed by atoms with Crippen molar-refractivity contribution < 1.29 is 18.7 Å². The minimum Gasteiger partial charge on any atom is -0.481 e. The molecule has 4 heteroatoms. The van der Waals surface area contributed by atoms with Crippen molar-refractivity contribution in [1.29, 1.82) is 0 Å². The molecule has 0 unspecified atom stereocenters. The highest BCUT2D eigenvalue weighted by molar-refractivity contribution is 5.66. The van der Waals surface area contributed by atoms with Crippen LogP contribution in [0.15, 0.2) is 0 Å². The highest BCUT2D eigenvalue weighted by Crippen LogP contribution is 2.40. The van der Waals surface area contributed by atoms with E-state index < -0.39 is 11.9 Å². The van der Waals surface area contributed by atoms with Gasteiger partial charge in [-0.15, -0.1) is 0 Å². The molecule has 21 heavy (non-hydrogen) atoms. The van der Waals surface area contributed by atoms with Crippen LogP contribution < -0.4 is 0 Å². The van der Waals surface area contributed by atoms with Gasteiger partial charge in [-0.2, -0.15) is 0 Å². The van der Waals surface area contributed by atoms with Crippen molar-refractivity contribution in [1.82, 2.24) is 0 Å². The van der Waals surface area contributed by atoms with E-state index >= 15 is 0 Å². The molecule has 0 bridgehead atoms. The Balaban J connectivity index is 3.05. The van der Waals surface area contributed by atoms with Crippen molar-refractivity contribution in [3.05, 3.63) is 33.4 Å². The van der Waals surface area contributed by atoms with Gasteiger partial charge in [0.1, 0.15) is 0 Å². The van der Waals surface area contributed by atoms with Gasteiger partial charge in [0.15, 0.2) is 0 Å². The molecular formula is C17H24F2O2. The quantitative estimate of drug-likeness (QED) is 0.753. The summed E-state index contributed by atoms with van der Waals surface area (Å²) in [5.41, 5.74) is 4.32. The molecule has 0 aromatic heterocycles. The van der Waals surface area contributed by atoms with Gasteiger partial charge in [-0.1, -0.05) is 0 Å². The molecule has 0 aliphatic carbocycles. The van der Waals surface area contributed by atoms with Crippen molar-refractivity contribution in [2.45, 2.75) is 66.2 Å². The molecule has 0 saturated heterocycles. The number of carboxylic acids is 1. The Bertz CT molecular complexity index is 519. The maximum absolute atomic E-state index is 14.5. The number of halogens is 2. The third-order valence-corrected chi connectivity index (χ3v) is 4.50. The third-order valence-electron chi connectivity index (χ3n) is 4.50. The average Bonchev–Trinajstić information content (AvgIpc) is 2.39. The number of carbonyl (C=O) groups is 1. The molecular weight excluding hydrogens is 274 g/mol. The lowest BCUT2D eigenvalue weighted by molar-refractivity contribution is -0.137. The topological polar surface area (TPSA) is 37.3 Å². The Labute approximate surface area is 125 Å². The Hall–Kier alpha value is -1.45. The summed E-state index contributed by atoms with van der Waals surface area (Å²) in [6, 6.07) is 0. The predicted molar refractivity (Wildman–Crippen MR) is 80.1 cm³/mol. The molecule has 0 heterocycles. The number of hydrogen-bond acceptors (Lipinski definition) is 1. The van der Waals surface area contributed by atoms with Crippen LogP contribution in [0.3, 0.4) is 0 Å². The summed E-state index contributed by atoms with van der Waals surface area (Å²) in [5, 5.41) is 8.56. The highest BCUT2D eigenvalue weighted by atomic mass is 19.3. The highest BCUT2D eigenvalue weighted by Gasteiger charge is 2.35. The van der Waals surface area contributed by atoms with E-state index in [4.69, 9.17) is 5.11 Å². The second-order valence-electron chi connectivity index (χ2n) is 5.81. The zero-order valence-electron chi connectivity index (χ0n) is 13.4. The maximum atomic E-state index is 14.5. The second kappa shape index (κ2) is 6.54. The lowest BCUT2D eigenvalue weighted by atomic mass is 9.85. The van der Waals surface area contributed by atoms with Crippen molar-refractivity contribution in [3.8, 4) is 0 Å². The Morgan fingerprint density at radius 2 is 1.33 bits per heavy atom. The molecule has 0 spiro atoms. The normalized spacial score (nSPS) is 11.8. The number of aliphatic carboxylic acids is 1. The van der Waals surface area contributed by atoms with E-state index in [1.54, 1.807) is 13.8 Å².